The molecule has 0 fully saturated rings. The lowest BCUT2D eigenvalue weighted by Gasteiger charge is -2.06. The Morgan fingerprint density at radius 2 is 2.20 bits per heavy atom. The van der Waals surface area contributed by atoms with E-state index in [2.05, 4.69) is 11.6 Å². The predicted octanol–water partition coefficient (Wildman–Crippen LogP) is 2.09. The summed E-state index contributed by atoms with van der Waals surface area (Å²) in [6.45, 7) is 3.96. The number of ether oxygens (including phenoxy) is 1. The van der Waals surface area contributed by atoms with Crippen molar-refractivity contribution in [2.75, 3.05) is 6.61 Å². The van der Waals surface area contributed by atoms with Gasteiger partial charge in [0.1, 0.15) is 12.4 Å². The number of H-pyrrole nitrogens is 1. The SMILES string of the molecule is C=CCOc1cc(=O)[nH]c2ccccc12. The van der Waals surface area contributed by atoms with Crippen LogP contribution < -0.4 is 10.3 Å². The van der Waals surface area contributed by atoms with Gasteiger partial charge in [-0.05, 0) is 12.1 Å². The van der Waals surface area contributed by atoms with Gasteiger partial charge in [-0.1, -0.05) is 24.8 Å². The largest absolute Gasteiger partial charge is 0.489 e. The zero-order valence-corrected chi connectivity index (χ0v) is 8.19. The minimum atomic E-state index is -0.159. The predicted molar refractivity (Wildman–Crippen MR) is 60.3 cm³/mol. The number of aromatic amines is 1. The summed E-state index contributed by atoms with van der Waals surface area (Å²) in [6, 6.07) is 8.98. The maximum atomic E-state index is 11.3. The first-order valence-corrected chi connectivity index (χ1v) is 4.67. The number of fused-ring (bicyclic) bond motifs is 1. The van der Waals surface area contributed by atoms with Crippen molar-refractivity contribution in [3.8, 4) is 5.75 Å². The molecule has 0 spiro atoms. The summed E-state index contributed by atoms with van der Waals surface area (Å²) < 4.78 is 5.41. The third-order valence-electron chi connectivity index (χ3n) is 2.07. The van der Waals surface area contributed by atoms with E-state index in [0.717, 1.165) is 10.9 Å². The lowest BCUT2D eigenvalue weighted by Crippen LogP contribution is -2.06. The molecule has 0 atom stereocenters. The van der Waals surface area contributed by atoms with Gasteiger partial charge in [-0.25, -0.2) is 0 Å². The summed E-state index contributed by atoms with van der Waals surface area (Å²) in [6.07, 6.45) is 1.65. The summed E-state index contributed by atoms with van der Waals surface area (Å²) >= 11 is 0. The minimum absolute atomic E-state index is 0.159. The van der Waals surface area contributed by atoms with Gasteiger partial charge < -0.3 is 9.72 Å². The zero-order chi connectivity index (χ0) is 10.7. The van der Waals surface area contributed by atoms with E-state index in [1.165, 1.54) is 6.07 Å². The van der Waals surface area contributed by atoms with Crippen LogP contribution in [0.5, 0.6) is 5.75 Å². The summed E-state index contributed by atoms with van der Waals surface area (Å²) in [5.41, 5.74) is 0.622. The molecule has 0 saturated heterocycles. The maximum Gasteiger partial charge on any atom is 0.252 e. The van der Waals surface area contributed by atoms with Crippen LogP contribution in [0, 0.1) is 0 Å². The molecule has 1 heterocycles. The molecule has 3 heteroatoms. The smallest absolute Gasteiger partial charge is 0.252 e. The normalized spacial score (nSPS) is 10.1. The van der Waals surface area contributed by atoms with Crippen molar-refractivity contribution in [1.82, 2.24) is 4.98 Å². The number of nitrogens with one attached hydrogen (secondary N) is 1. The van der Waals surface area contributed by atoms with Crippen molar-refractivity contribution >= 4 is 10.9 Å². The second-order valence-corrected chi connectivity index (χ2v) is 3.14. The van der Waals surface area contributed by atoms with Crippen molar-refractivity contribution in [3.63, 3.8) is 0 Å². The molecule has 0 bridgehead atoms. The molecule has 0 aliphatic heterocycles. The highest BCUT2D eigenvalue weighted by molar-refractivity contribution is 5.84. The maximum absolute atomic E-state index is 11.3. The van der Waals surface area contributed by atoms with Crippen LogP contribution in [-0.4, -0.2) is 11.6 Å². The van der Waals surface area contributed by atoms with Crippen LogP contribution in [0.4, 0.5) is 0 Å². The van der Waals surface area contributed by atoms with E-state index in [4.69, 9.17) is 4.74 Å². The third-order valence-corrected chi connectivity index (χ3v) is 2.07. The quantitative estimate of drug-likeness (QED) is 0.772. The summed E-state index contributed by atoms with van der Waals surface area (Å²) in [5, 5.41) is 0.902. The number of aromatic nitrogens is 1. The average Bonchev–Trinajstić information content (AvgIpc) is 2.25. The van der Waals surface area contributed by atoms with Crippen LogP contribution >= 0.6 is 0 Å². The molecule has 3 nitrogen and oxygen atoms in total. The Labute approximate surface area is 87.0 Å². The van der Waals surface area contributed by atoms with E-state index in [1.54, 1.807) is 6.08 Å². The summed E-state index contributed by atoms with van der Waals surface area (Å²) in [5.74, 6) is 0.592. The highest BCUT2D eigenvalue weighted by Gasteiger charge is 2.02. The number of para-hydroxylation sites is 1. The number of pyridine rings is 1. The molecule has 76 valence electrons. The number of hydrogen-bond acceptors (Lipinski definition) is 2. The average molecular weight is 201 g/mol. The second kappa shape index (κ2) is 4.00. The van der Waals surface area contributed by atoms with E-state index in [9.17, 15) is 4.79 Å². The fraction of sp³-hybridized carbons (Fsp3) is 0.0833. The van der Waals surface area contributed by atoms with Crippen LogP contribution in [0.25, 0.3) is 10.9 Å². The van der Waals surface area contributed by atoms with Crippen LogP contribution in [0.1, 0.15) is 0 Å². The Hall–Kier alpha value is -2.03. The molecule has 0 radical (unpaired) electrons. The topological polar surface area (TPSA) is 42.1 Å². The van der Waals surface area contributed by atoms with Gasteiger partial charge in [-0.3, -0.25) is 4.79 Å². The van der Waals surface area contributed by atoms with Gasteiger partial charge in [0.25, 0.3) is 5.56 Å². The van der Waals surface area contributed by atoms with Crippen molar-refractivity contribution in [2.45, 2.75) is 0 Å². The van der Waals surface area contributed by atoms with Gasteiger partial charge in [0, 0.05) is 11.5 Å². The molecular weight excluding hydrogens is 190 g/mol. The van der Waals surface area contributed by atoms with Crippen molar-refractivity contribution in [1.29, 1.82) is 0 Å². The van der Waals surface area contributed by atoms with Crippen LogP contribution in [0.2, 0.25) is 0 Å². The highest BCUT2D eigenvalue weighted by atomic mass is 16.5. The van der Waals surface area contributed by atoms with E-state index >= 15 is 0 Å². The zero-order valence-electron chi connectivity index (χ0n) is 8.19. The Kier molecular flexibility index (Phi) is 2.54. The standard InChI is InChI=1S/C12H11NO2/c1-2-7-15-11-8-12(14)13-10-6-4-3-5-9(10)11/h2-6,8H,1,7H2,(H,13,14). The van der Waals surface area contributed by atoms with E-state index in [1.807, 2.05) is 24.3 Å². The van der Waals surface area contributed by atoms with Gasteiger partial charge in [-0.2, -0.15) is 0 Å². The molecule has 1 aromatic heterocycles. The van der Waals surface area contributed by atoms with Crippen LogP contribution in [-0.2, 0) is 0 Å². The van der Waals surface area contributed by atoms with Gasteiger partial charge in [0.2, 0.25) is 0 Å². The number of hydrogen-bond donors (Lipinski definition) is 1. The Bertz CT molecular complexity index is 543. The van der Waals surface area contributed by atoms with Gasteiger partial charge in [-0.15, -0.1) is 0 Å². The lowest BCUT2D eigenvalue weighted by molar-refractivity contribution is 0.367. The molecule has 2 rings (SSSR count). The van der Waals surface area contributed by atoms with Crippen molar-refractivity contribution in [3.05, 3.63) is 53.3 Å². The highest BCUT2D eigenvalue weighted by Crippen LogP contribution is 2.21. The van der Waals surface area contributed by atoms with Crippen molar-refractivity contribution < 1.29 is 4.74 Å². The molecule has 0 amide bonds. The fourth-order valence-corrected chi connectivity index (χ4v) is 1.44. The molecule has 0 saturated carbocycles. The molecule has 15 heavy (non-hydrogen) atoms. The summed E-state index contributed by atoms with van der Waals surface area (Å²) in [4.78, 5) is 14.1. The molecule has 2 aromatic rings. The molecule has 1 N–H and O–H groups in total. The first-order chi connectivity index (χ1) is 7.31. The van der Waals surface area contributed by atoms with E-state index in [0.29, 0.717) is 12.4 Å². The lowest BCUT2D eigenvalue weighted by atomic mass is 10.2. The second-order valence-electron chi connectivity index (χ2n) is 3.14. The van der Waals surface area contributed by atoms with Gasteiger partial charge in [0.15, 0.2) is 0 Å². The molecular formula is C12H11NO2. The number of benzene rings is 1. The third kappa shape index (κ3) is 1.91. The Morgan fingerprint density at radius 1 is 1.40 bits per heavy atom. The van der Waals surface area contributed by atoms with E-state index < -0.39 is 0 Å². The van der Waals surface area contributed by atoms with Gasteiger partial charge >= 0.3 is 0 Å². The van der Waals surface area contributed by atoms with Crippen molar-refractivity contribution in [2.24, 2.45) is 0 Å². The molecule has 0 aliphatic carbocycles. The number of rotatable bonds is 3. The summed E-state index contributed by atoms with van der Waals surface area (Å²) in [7, 11) is 0. The minimum Gasteiger partial charge on any atom is -0.489 e. The first kappa shape index (κ1) is 9.52. The van der Waals surface area contributed by atoms with Crippen LogP contribution in [0.3, 0.4) is 0 Å². The first-order valence-electron chi connectivity index (χ1n) is 4.67. The Balaban J connectivity index is 2.60. The monoisotopic (exact) mass is 201 g/mol. The fourth-order valence-electron chi connectivity index (χ4n) is 1.44. The van der Waals surface area contributed by atoms with E-state index in [-0.39, 0.29) is 5.56 Å². The van der Waals surface area contributed by atoms with Crippen LogP contribution in [0.15, 0.2) is 47.8 Å². The molecule has 1 aromatic carbocycles. The molecule has 0 unspecified atom stereocenters. The Morgan fingerprint density at radius 3 is 3.00 bits per heavy atom. The van der Waals surface area contributed by atoms with Gasteiger partial charge in [0.05, 0.1) is 5.52 Å². The molecule has 0 aliphatic rings.